The maximum atomic E-state index is 13.1. The average Bonchev–Trinajstić information content (AvgIpc) is 3.37. The van der Waals surface area contributed by atoms with E-state index in [2.05, 4.69) is 0 Å². The molecule has 0 spiro atoms. The molecule has 10 heteroatoms. The Kier molecular flexibility index (Phi) is 6.26. The van der Waals surface area contributed by atoms with E-state index in [4.69, 9.17) is 4.74 Å². The van der Waals surface area contributed by atoms with Gasteiger partial charge < -0.3 is 9.64 Å². The van der Waals surface area contributed by atoms with E-state index in [1.54, 1.807) is 7.05 Å². The van der Waals surface area contributed by atoms with Gasteiger partial charge in [0, 0.05) is 38.0 Å². The quantitative estimate of drug-likeness (QED) is 0.659. The minimum Gasteiger partial charge on any atom is -0.495 e. The maximum Gasteiger partial charge on any atom is 0.253 e. The normalized spacial score (nSPS) is 23.3. The zero-order valence-electron chi connectivity index (χ0n) is 17.0. The minimum atomic E-state index is -3.77. The van der Waals surface area contributed by atoms with E-state index in [1.165, 1.54) is 40.8 Å². The summed E-state index contributed by atoms with van der Waals surface area (Å²) in [5.41, 5.74) is 0.199. The second-order valence-corrected chi connectivity index (χ2v) is 11.9. The summed E-state index contributed by atoms with van der Waals surface area (Å²) >= 11 is 0. The van der Waals surface area contributed by atoms with Crippen LogP contribution < -0.4 is 4.74 Å². The highest BCUT2D eigenvalue weighted by Gasteiger charge is 2.39. The van der Waals surface area contributed by atoms with Crippen molar-refractivity contribution in [3.8, 4) is 5.75 Å². The Balaban J connectivity index is 1.94. The van der Waals surface area contributed by atoms with Gasteiger partial charge in [-0.15, -0.1) is 0 Å². The van der Waals surface area contributed by atoms with Crippen LogP contribution >= 0.6 is 0 Å². The summed E-state index contributed by atoms with van der Waals surface area (Å²) in [4.78, 5) is 14.5. The second kappa shape index (κ2) is 8.23. The predicted octanol–water partition coefficient (Wildman–Crippen LogP) is 1.52. The maximum absolute atomic E-state index is 13.1. The number of benzene rings is 1. The lowest BCUT2D eigenvalue weighted by molar-refractivity contribution is 0.0737. The van der Waals surface area contributed by atoms with Crippen LogP contribution in [0.2, 0.25) is 0 Å². The lowest BCUT2D eigenvalue weighted by Crippen LogP contribution is -2.44. The lowest BCUT2D eigenvalue weighted by atomic mass is 10.1. The Morgan fingerprint density at radius 3 is 2.34 bits per heavy atom. The Bertz CT molecular complexity index is 984. The fourth-order valence-electron chi connectivity index (χ4n) is 4.28. The third kappa shape index (κ3) is 4.29. The van der Waals surface area contributed by atoms with Crippen LogP contribution in [0.4, 0.5) is 0 Å². The number of sulfone groups is 1. The number of amides is 1. The molecule has 29 heavy (non-hydrogen) atoms. The van der Waals surface area contributed by atoms with Crippen molar-refractivity contribution in [2.75, 3.05) is 33.5 Å². The van der Waals surface area contributed by atoms with Crippen molar-refractivity contribution < 1.29 is 26.4 Å². The van der Waals surface area contributed by atoms with Crippen LogP contribution in [0, 0.1) is 0 Å². The number of carbonyl (C=O) groups is 1. The zero-order chi connectivity index (χ0) is 21.4. The van der Waals surface area contributed by atoms with E-state index < -0.39 is 37.1 Å². The van der Waals surface area contributed by atoms with Gasteiger partial charge in [-0.3, -0.25) is 4.79 Å². The lowest BCUT2D eigenvalue weighted by Gasteiger charge is -2.29. The van der Waals surface area contributed by atoms with E-state index in [-0.39, 0.29) is 16.2 Å². The SMILES string of the molecule is COc1ccc(C(=O)N(C)[C@H]2CCC[C@H]2S(C)(=O)=O)cc1S(=O)(=O)N1CCCC1. The van der Waals surface area contributed by atoms with Gasteiger partial charge >= 0.3 is 0 Å². The molecule has 2 aliphatic rings. The molecule has 0 radical (unpaired) electrons. The summed E-state index contributed by atoms with van der Waals surface area (Å²) in [6.45, 7) is 0.892. The van der Waals surface area contributed by atoms with Crippen LogP contribution in [-0.2, 0) is 19.9 Å². The summed E-state index contributed by atoms with van der Waals surface area (Å²) in [5, 5.41) is -0.595. The molecule has 1 saturated heterocycles. The van der Waals surface area contributed by atoms with Gasteiger partial charge in [-0.25, -0.2) is 16.8 Å². The van der Waals surface area contributed by atoms with E-state index in [9.17, 15) is 21.6 Å². The van der Waals surface area contributed by atoms with Crippen molar-refractivity contribution in [3.05, 3.63) is 23.8 Å². The van der Waals surface area contributed by atoms with Crippen LogP contribution in [0.15, 0.2) is 23.1 Å². The van der Waals surface area contributed by atoms with Crippen molar-refractivity contribution in [2.45, 2.75) is 48.3 Å². The monoisotopic (exact) mass is 444 g/mol. The number of ether oxygens (including phenoxy) is 1. The van der Waals surface area contributed by atoms with Crippen LogP contribution in [0.5, 0.6) is 5.75 Å². The third-order valence-corrected chi connectivity index (χ3v) is 9.45. The molecule has 0 bridgehead atoms. The summed E-state index contributed by atoms with van der Waals surface area (Å²) < 4.78 is 56.9. The third-order valence-electron chi connectivity index (χ3n) is 5.88. The smallest absolute Gasteiger partial charge is 0.253 e. The molecule has 1 aliphatic carbocycles. The van der Waals surface area contributed by atoms with Crippen molar-refractivity contribution in [1.29, 1.82) is 0 Å². The average molecular weight is 445 g/mol. The van der Waals surface area contributed by atoms with Gasteiger partial charge in [0.05, 0.1) is 12.4 Å². The first-order valence-electron chi connectivity index (χ1n) is 9.71. The second-order valence-electron chi connectivity index (χ2n) is 7.76. The van der Waals surface area contributed by atoms with E-state index in [0.717, 1.165) is 19.3 Å². The molecule has 2 fully saturated rings. The van der Waals surface area contributed by atoms with E-state index in [1.807, 2.05) is 0 Å². The Labute approximate surface area is 172 Å². The molecule has 3 rings (SSSR count). The number of hydrogen-bond donors (Lipinski definition) is 0. The highest BCUT2D eigenvalue weighted by Crippen LogP contribution is 2.32. The zero-order valence-corrected chi connectivity index (χ0v) is 18.6. The fourth-order valence-corrected chi connectivity index (χ4v) is 7.46. The molecule has 162 valence electrons. The van der Waals surface area contributed by atoms with Gasteiger partial charge in [-0.05, 0) is 50.3 Å². The van der Waals surface area contributed by atoms with Gasteiger partial charge in [0.1, 0.15) is 10.6 Å². The number of hydrogen-bond acceptors (Lipinski definition) is 6. The molecular weight excluding hydrogens is 416 g/mol. The van der Waals surface area contributed by atoms with Gasteiger partial charge in [0.15, 0.2) is 9.84 Å². The Hall–Kier alpha value is -1.65. The predicted molar refractivity (Wildman–Crippen MR) is 109 cm³/mol. The summed E-state index contributed by atoms with van der Waals surface area (Å²) in [7, 11) is -4.09. The molecule has 0 unspecified atom stereocenters. The highest BCUT2D eigenvalue weighted by molar-refractivity contribution is 7.91. The van der Waals surface area contributed by atoms with E-state index >= 15 is 0 Å². The standard InChI is InChI=1S/C19H28N2O6S2/c1-20(15-7-6-8-17(15)28(3,23)24)19(22)14-9-10-16(27-2)18(13-14)29(25,26)21-11-4-5-12-21/h9-10,13,15,17H,4-8,11-12H2,1-3H3/t15-,17+/m0/s1. The summed E-state index contributed by atoms with van der Waals surface area (Å²) in [5.74, 6) is -0.211. The number of carbonyl (C=O) groups excluding carboxylic acids is 1. The number of sulfonamides is 1. The largest absolute Gasteiger partial charge is 0.495 e. The molecule has 0 N–H and O–H groups in total. The highest BCUT2D eigenvalue weighted by atomic mass is 32.2. The van der Waals surface area contributed by atoms with Crippen molar-refractivity contribution in [3.63, 3.8) is 0 Å². The van der Waals surface area contributed by atoms with E-state index in [0.29, 0.717) is 25.9 Å². The van der Waals surface area contributed by atoms with Crippen molar-refractivity contribution in [2.24, 2.45) is 0 Å². The Morgan fingerprint density at radius 2 is 1.76 bits per heavy atom. The van der Waals surface area contributed by atoms with Gasteiger partial charge in [0.25, 0.3) is 5.91 Å². The first-order chi connectivity index (χ1) is 13.6. The molecule has 0 aromatic heterocycles. The van der Waals surface area contributed by atoms with Crippen LogP contribution in [0.1, 0.15) is 42.5 Å². The summed E-state index contributed by atoms with van der Waals surface area (Å²) in [6.07, 6.45) is 4.67. The van der Waals surface area contributed by atoms with Crippen LogP contribution in [-0.4, -0.2) is 76.7 Å². The molecule has 1 aliphatic heterocycles. The fraction of sp³-hybridized carbons (Fsp3) is 0.632. The number of nitrogens with zero attached hydrogens (tertiary/aromatic N) is 2. The molecule has 1 aromatic carbocycles. The molecule has 1 aromatic rings. The minimum absolute atomic E-state index is 0.0350. The van der Waals surface area contributed by atoms with Crippen LogP contribution in [0.3, 0.4) is 0 Å². The summed E-state index contributed by atoms with van der Waals surface area (Å²) in [6, 6.07) is 3.92. The molecular formula is C19H28N2O6S2. The molecule has 8 nitrogen and oxygen atoms in total. The van der Waals surface area contributed by atoms with Gasteiger partial charge in [-0.1, -0.05) is 0 Å². The Morgan fingerprint density at radius 1 is 1.10 bits per heavy atom. The molecule has 1 heterocycles. The first-order valence-corrected chi connectivity index (χ1v) is 13.1. The van der Waals surface area contributed by atoms with Gasteiger partial charge in [0.2, 0.25) is 10.0 Å². The van der Waals surface area contributed by atoms with Gasteiger partial charge in [-0.2, -0.15) is 4.31 Å². The molecule has 2 atom stereocenters. The number of methoxy groups -OCH3 is 1. The topological polar surface area (TPSA) is 101 Å². The van der Waals surface area contributed by atoms with Crippen LogP contribution in [0.25, 0.3) is 0 Å². The first kappa shape index (κ1) is 22.0. The number of rotatable bonds is 6. The molecule has 1 amide bonds. The van der Waals surface area contributed by atoms with Crippen molar-refractivity contribution in [1.82, 2.24) is 9.21 Å². The molecule has 1 saturated carbocycles. The van der Waals surface area contributed by atoms with Crippen molar-refractivity contribution >= 4 is 25.8 Å².